The Bertz CT molecular complexity index is 2190. The maximum absolute atomic E-state index is 13.5. The van der Waals surface area contributed by atoms with Gasteiger partial charge in [-0.15, -0.1) is 0 Å². The van der Waals surface area contributed by atoms with E-state index in [1.165, 1.54) is 47.9 Å². The lowest BCUT2D eigenvalue weighted by Gasteiger charge is -2.24. The first kappa shape index (κ1) is 48.6. The summed E-state index contributed by atoms with van der Waals surface area (Å²) in [6.07, 6.45) is 11.1. The van der Waals surface area contributed by atoms with Crippen molar-refractivity contribution >= 4 is 58.4 Å². The van der Waals surface area contributed by atoms with Gasteiger partial charge in [-0.25, -0.2) is 14.4 Å². The first-order valence-electron chi connectivity index (χ1n) is 21.0. The van der Waals surface area contributed by atoms with E-state index < -0.39 is 17.9 Å². The van der Waals surface area contributed by atoms with Crippen LogP contribution in [0.4, 0.5) is 5.69 Å². The lowest BCUT2D eigenvalue weighted by molar-refractivity contribution is -0.137. The van der Waals surface area contributed by atoms with Crippen molar-refractivity contribution in [2.75, 3.05) is 44.0 Å². The molecule has 0 saturated carbocycles. The Balaban J connectivity index is 1.21. The van der Waals surface area contributed by atoms with Gasteiger partial charge in [0.15, 0.2) is 5.50 Å². The monoisotopic (exact) mass is 908 g/mol. The number of anilines is 1. The number of thioether (sulfide) groups is 2. The molecule has 1 heterocycles. The Morgan fingerprint density at radius 3 is 1.95 bits per heavy atom. The summed E-state index contributed by atoms with van der Waals surface area (Å²) in [5, 5.41) is 12.8. The number of hydrazone groups is 1. The number of unbranched alkanes of at least 4 members (excludes halogenated alkanes) is 6. The van der Waals surface area contributed by atoms with Crippen LogP contribution in [0.15, 0.2) is 131 Å². The number of rotatable bonds is 28. The highest BCUT2D eigenvalue weighted by Gasteiger charge is 2.26. The molecule has 0 saturated heterocycles. The number of hydrogen-bond acceptors (Lipinski definition) is 16. The number of hydrogen-bond donors (Lipinski definition) is 1. The van der Waals surface area contributed by atoms with Gasteiger partial charge in [-0.3, -0.25) is 9.80 Å². The topological polar surface area (TPSA) is 171 Å². The number of para-hydroxylation sites is 1. The number of esters is 3. The minimum absolute atomic E-state index is 0.00847. The predicted molar refractivity (Wildman–Crippen MR) is 251 cm³/mol. The fourth-order valence-electron chi connectivity index (χ4n) is 6.06. The molecule has 1 N–H and O–H groups in total. The summed E-state index contributed by atoms with van der Waals surface area (Å²) in [7, 11) is 0. The van der Waals surface area contributed by atoms with Gasteiger partial charge in [0, 0.05) is 22.3 Å². The second kappa shape index (κ2) is 26.9. The van der Waals surface area contributed by atoms with Gasteiger partial charge in [-0.2, -0.15) is 10.0 Å². The largest absolute Gasteiger partial charge is 0.494 e. The minimum atomic E-state index is -0.627. The lowest BCUT2D eigenvalue weighted by atomic mass is 10.2. The number of nitrogens with zero attached hydrogens (tertiary/aromatic N) is 3. The number of carbonyl (C=O) groups excluding carboxylic acids is 4. The van der Waals surface area contributed by atoms with Gasteiger partial charge in [0.05, 0.1) is 49.4 Å². The van der Waals surface area contributed by atoms with Gasteiger partial charge in [0.2, 0.25) is 5.12 Å². The van der Waals surface area contributed by atoms with Crippen molar-refractivity contribution in [2.24, 2.45) is 10.3 Å². The summed E-state index contributed by atoms with van der Waals surface area (Å²) in [6, 6.07) is 25.7. The Labute approximate surface area is 381 Å². The van der Waals surface area contributed by atoms with Crippen molar-refractivity contribution in [3.8, 4) is 23.0 Å². The second-order valence-electron chi connectivity index (χ2n) is 14.2. The summed E-state index contributed by atoms with van der Waals surface area (Å²) in [6.45, 7) is 8.41. The van der Waals surface area contributed by atoms with Crippen LogP contribution in [0.5, 0.6) is 23.0 Å². The molecule has 0 amide bonds. The SMILES string of the molecule is C=CC(=O)OCCCCCCOc1ccc(C(=O)Oc2ccc(OC(=O)c3ccc(OCCCCCCSC(=O)C=C)cc3)c(/C=N/N(CCN=O)C3Nc4ccccc4S3)c2)cc1. The van der Waals surface area contributed by atoms with Crippen LogP contribution in [0.2, 0.25) is 0 Å². The summed E-state index contributed by atoms with van der Waals surface area (Å²) in [5.41, 5.74) is 1.49. The molecule has 1 aliphatic rings. The van der Waals surface area contributed by atoms with Crippen LogP contribution in [-0.4, -0.2) is 78.4 Å². The highest BCUT2D eigenvalue weighted by Crippen LogP contribution is 2.39. The molecular formula is C48H52N4O10S2. The van der Waals surface area contributed by atoms with Crippen molar-refractivity contribution in [2.45, 2.75) is 61.8 Å². The zero-order valence-corrected chi connectivity index (χ0v) is 37.2. The molecule has 5 rings (SSSR count). The van der Waals surface area contributed by atoms with Crippen molar-refractivity contribution in [3.63, 3.8) is 0 Å². The number of nitrogens with one attached hydrogen (secondary N) is 1. The molecule has 1 unspecified atom stereocenters. The van der Waals surface area contributed by atoms with E-state index in [2.05, 4.69) is 28.8 Å². The van der Waals surface area contributed by atoms with E-state index in [1.807, 2.05) is 24.3 Å². The predicted octanol–water partition coefficient (Wildman–Crippen LogP) is 10.1. The Morgan fingerprint density at radius 2 is 1.33 bits per heavy atom. The molecule has 4 aromatic rings. The van der Waals surface area contributed by atoms with Gasteiger partial charge >= 0.3 is 17.9 Å². The van der Waals surface area contributed by atoms with Crippen LogP contribution in [0.25, 0.3) is 0 Å². The Hall–Kier alpha value is -6.39. The number of nitroso groups, excluding NO2 is 1. The Kier molecular flexibility index (Phi) is 20.5. The van der Waals surface area contributed by atoms with E-state index >= 15 is 0 Å². The molecule has 0 fully saturated rings. The normalized spacial score (nSPS) is 12.7. The number of fused-ring (bicyclic) bond motifs is 1. The third kappa shape index (κ3) is 16.4. The third-order valence-corrected chi connectivity index (χ3v) is 11.6. The van der Waals surface area contributed by atoms with E-state index in [0.717, 1.165) is 73.8 Å². The van der Waals surface area contributed by atoms with Gasteiger partial charge < -0.3 is 29.0 Å². The quantitative estimate of drug-likeness (QED) is 0.0109. The molecule has 1 aliphatic heterocycles. The van der Waals surface area contributed by atoms with Crippen LogP contribution in [-0.2, 0) is 14.3 Å². The maximum Gasteiger partial charge on any atom is 0.343 e. The van der Waals surface area contributed by atoms with E-state index in [1.54, 1.807) is 59.6 Å². The first-order chi connectivity index (χ1) is 31.3. The number of carbonyl (C=O) groups is 4. The highest BCUT2D eigenvalue weighted by molar-refractivity contribution is 8.14. The average molecular weight is 909 g/mol. The van der Waals surface area contributed by atoms with Crippen molar-refractivity contribution < 1.29 is 42.9 Å². The van der Waals surface area contributed by atoms with Gasteiger partial charge in [0.1, 0.15) is 29.5 Å². The van der Waals surface area contributed by atoms with E-state index in [9.17, 15) is 24.1 Å². The maximum atomic E-state index is 13.5. The standard InChI is InChI=1S/C48H52N4O10S2/c1-3-44(53)60-31-13-6-5-11-29-58-38-21-17-35(18-22-38)46(55)61-40-25-26-42(37(33-40)34-49-52(28-27-50-57)48-51-41-15-9-10-16-43(41)64-48)62-47(56)36-19-23-39(24-20-36)59-30-12-7-8-14-32-63-45(54)4-2/h3-4,9-10,15-26,33-34,48,51H,1-2,5-8,11-14,27-32H2/b49-34+. The smallest absolute Gasteiger partial charge is 0.343 e. The van der Waals surface area contributed by atoms with Crippen molar-refractivity contribution in [1.82, 2.24) is 5.01 Å². The van der Waals surface area contributed by atoms with Crippen molar-refractivity contribution in [3.05, 3.63) is 138 Å². The van der Waals surface area contributed by atoms with Crippen LogP contribution in [0, 0.1) is 4.91 Å². The molecule has 0 aromatic heterocycles. The van der Waals surface area contributed by atoms with Crippen LogP contribution >= 0.6 is 23.5 Å². The van der Waals surface area contributed by atoms with Gasteiger partial charge in [0.25, 0.3) is 0 Å². The number of benzene rings is 4. The molecule has 0 bridgehead atoms. The molecule has 16 heteroatoms. The van der Waals surface area contributed by atoms with Crippen LogP contribution < -0.4 is 24.3 Å². The molecule has 0 aliphatic carbocycles. The first-order valence-corrected chi connectivity index (χ1v) is 22.9. The zero-order chi connectivity index (χ0) is 45.4. The summed E-state index contributed by atoms with van der Waals surface area (Å²) < 4.78 is 28.3. The van der Waals surface area contributed by atoms with E-state index in [4.69, 9.17) is 23.7 Å². The molecule has 4 aromatic carbocycles. The van der Waals surface area contributed by atoms with Crippen LogP contribution in [0.1, 0.15) is 77.6 Å². The Morgan fingerprint density at radius 1 is 0.719 bits per heavy atom. The molecular weight excluding hydrogens is 857 g/mol. The van der Waals surface area contributed by atoms with E-state index in [0.29, 0.717) is 42.4 Å². The average Bonchev–Trinajstić information content (AvgIpc) is 3.76. The number of ether oxygens (including phenoxy) is 5. The molecule has 1 atom stereocenters. The molecule has 0 radical (unpaired) electrons. The summed E-state index contributed by atoms with van der Waals surface area (Å²) in [5.74, 6) is 0.662. The molecule has 64 heavy (non-hydrogen) atoms. The second-order valence-corrected chi connectivity index (χ2v) is 16.4. The molecule has 14 nitrogen and oxygen atoms in total. The fraction of sp³-hybridized carbons (Fsp3) is 0.312. The third-order valence-electron chi connectivity index (χ3n) is 9.45. The minimum Gasteiger partial charge on any atom is -0.494 e. The van der Waals surface area contributed by atoms with Gasteiger partial charge in [-0.05, 0) is 123 Å². The van der Waals surface area contributed by atoms with E-state index in [-0.39, 0.29) is 40.8 Å². The highest BCUT2D eigenvalue weighted by atomic mass is 32.2. The van der Waals surface area contributed by atoms with Gasteiger partial charge in [-0.1, -0.05) is 66.8 Å². The van der Waals surface area contributed by atoms with Crippen molar-refractivity contribution in [1.29, 1.82) is 0 Å². The fourth-order valence-corrected chi connectivity index (χ4v) is 7.85. The van der Waals surface area contributed by atoms with Crippen LogP contribution in [0.3, 0.4) is 0 Å². The lowest BCUT2D eigenvalue weighted by Crippen LogP contribution is -2.34. The molecule has 336 valence electrons. The summed E-state index contributed by atoms with van der Waals surface area (Å²) >= 11 is 2.81. The zero-order valence-electron chi connectivity index (χ0n) is 35.5. The summed E-state index contributed by atoms with van der Waals surface area (Å²) in [4.78, 5) is 61.4. The molecule has 0 spiro atoms.